The highest BCUT2D eigenvalue weighted by Crippen LogP contribution is 2.22. The van der Waals surface area contributed by atoms with E-state index >= 15 is 0 Å². The maximum Gasteiger partial charge on any atom is 0.134 e. The van der Waals surface area contributed by atoms with Crippen molar-refractivity contribution in [2.24, 2.45) is 5.73 Å². The van der Waals surface area contributed by atoms with E-state index in [1.807, 2.05) is 24.5 Å². The van der Waals surface area contributed by atoms with Crippen LogP contribution in [0.15, 0.2) is 34.9 Å². The van der Waals surface area contributed by atoms with Gasteiger partial charge in [-0.1, -0.05) is 18.2 Å². The van der Waals surface area contributed by atoms with Gasteiger partial charge in [0.15, 0.2) is 0 Å². The first-order chi connectivity index (χ1) is 8.22. The maximum absolute atomic E-state index is 5.59. The molecule has 0 aliphatic carbocycles. The first kappa shape index (κ1) is 12.1. The number of para-hydroxylation sites is 1. The summed E-state index contributed by atoms with van der Waals surface area (Å²) in [6, 6.07) is 8.65. The number of furan rings is 1. The molecule has 17 heavy (non-hydrogen) atoms. The summed E-state index contributed by atoms with van der Waals surface area (Å²) in [6.45, 7) is 3.84. The topological polar surface area (TPSA) is 42.4 Å². The molecule has 3 heteroatoms. The Morgan fingerprint density at radius 1 is 1.35 bits per heavy atom. The third kappa shape index (κ3) is 2.68. The number of nitrogens with zero attached hydrogens (tertiary/aromatic N) is 1. The SMILES string of the molecule is CC(CCN)N(C)Cc1coc2ccccc12. The number of rotatable bonds is 5. The zero-order chi connectivity index (χ0) is 12.3. The molecule has 0 bridgehead atoms. The van der Waals surface area contributed by atoms with Gasteiger partial charge >= 0.3 is 0 Å². The highest BCUT2D eigenvalue weighted by atomic mass is 16.3. The van der Waals surface area contributed by atoms with E-state index in [0.717, 1.165) is 25.1 Å². The zero-order valence-electron chi connectivity index (χ0n) is 10.5. The van der Waals surface area contributed by atoms with Gasteiger partial charge in [0.2, 0.25) is 0 Å². The van der Waals surface area contributed by atoms with Gasteiger partial charge in [-0.3, -0.25) is 4.90 Å². The number of hydrogen-bond acceptors (Lipinski definition) is 3. The summed E-state index contributed by atoms with van der Waals surface area (Å²) in [4.78, 5) is 2.31. The van der Waals surface area contributed by atoms with Crippen molar-refractivity contribution in [3.8, 4) is 0 Å². The van der Waals surface area contributed by atoms with Crippen LogP contribution in [0.3, 0.4) is 0 Å². The molecule has 0 fully saturated rings. The third-order valence-electron chi connectivity index (χ3n) is 3.32. The van der Waals surface area contributed by atoms with Crippen molar-refractivity contribution in [3.05, 3.63) is 36.1 Å². The van der Waals surface area contributed by atoms with Crippen LogP contribution in [0.5, 0.6) is 0 Å². The molecule has 0 aliphatic rings. The predicted octanol–water partition coefficient (Wildman–Crippen LogP) is 2.60. The van der Waals surface area contributed by atoms with Crippen molar-refractivity contribution < 1.29 is 4.42 Å². The Balaban J connectivity index is 2.13. The molecule has 1 atom stereocenters. The van der Waals surface area contributed by atoms with E-state index in [-0.39, 0.29) is 0 Å². The van der Waals surface area contributed by atoms with Crippen LogP contribution < -0.4 is 5.73 Å². The van der Waals surface area contributed by atoms with Crippen LogP contribution in [0.1, 0.15) is 18.9 Å². The van der Waals surface area contributed by atoms with Gasteiger partial charge < -0.3 is 10.2 Å². The van der Waals surface area contributed by atoms with Crippen LogP contribution in [0, 0.1) is 0 Å². The molecule has 0 saturated heterocycles. The fraction of sp³-hybridized carbons (Fsp3) is 0.429. The molecule has 2 rings (SSSR count). The fourth-order valence-electron chi connectivity index (χ4n) is 2.04. The minimum atomic E-state index is 0.494. The van der Waals surface area contributed by atoms with E-state index in [1.165, 1.54) is 10.9 Å². The Labute approximate surface area is 102 Å². The predicted molar refractivity (Wildman–Crippen MR) is 70.8 cm³/mol. The second-order valence-electron chi connectivity index (χ2n) is 4.60. The van der Waals surface area contributed by atoms with Gasteiger partial charge in [0.25, 0.3) is 0 Å². The number of benzene rings is 1. The monoisotopic (exact) mass is 232 g/mol. The molecule has 0 amide bonds. The molecule has 92 valence electrons. The summed E-state index contributed by atoms with van der Waals surface area (Å²) < 4.78 is 5.54. The second kappa shape index (κ2) is 5.34. The minimum Gasteiger partial charge on any atom is -0.464 e. The van der Waals surface area contributed by atoms with Crippen molar-refractivity contribution in [1.82, 2.24) is 4.90 Å². The molecular weight excluding hydrogens is 212 g/mol. The molecule has 2 aromatic rings. The quantitative estimate of drug-likeness (QED) is 0.861. The van der Waals surface area contributed by atoms with Gasteiger partial charge in [-0.05, 0) is 33.0 Å². The highest BCUT2D eigenvalue weighted by Gasteiger charge is 2.12. The summed E-state index contributed by atoms with van der Waals surface area (Å²) in [5.74, 6) is 0. The highest BCUT2D eigenvalue weighted by molar-refractivity contribution is 5.80. The molecule has 0 saturated carbocycles. The summed E-state index contributed by atoms with van der Waals surface area (Å²) in [5.41, 5.74) is 7.79. The minimum absolute atomic E-state index is 0.494. The lowest BCUT2D eigenvalue weighted by atomic mass is 10.1. The smallest absolute Gasteiger partial charge is 0.134 e. The lowest BCUT2D eigenvalue weighted by Crippen LogP contribution is -2.30. The molecule has 2 N–H and O–H groups in total. The molecule has 1 unspecified atom stereocenters. The molecule has 3 nitrogen and oxygen atoms in total. The van der Waals surface area contributed by atoms with E-state index < -0.39 is 0 Å². The molecule has 0 radical (unpaired) electrons. The van der Waals surface area contributed by atoms with E-state index in [9.17, 15) is 0 Å². The fourth-order valence-corrected chi connectivity index (χ4v) is 2.04. The van der Waals surface area contributed by atoms with Crippen LogP contribution in [0.4, 0.5) is 0 Å². The Morgan fingerprint density at radius 3 is 2.88 bits per heavy atom. The van der Waals surface area contributed by atoms with Crippen LogP contribution in [-0.4, -0.2) is 24.5 Å². The zero-order valence-corrected chi connectivity index (χ0v) is 10.5. The molecule has 1 aromatic heterocycles. The summed E-state index contributed by atoms with van der Waals surface area (Å²) >= 11 is 0. The third-order valence-corrected chi connectivity index (χ3v) is 3.32. The van der Waals surface area contributed by atoms with Gasteiger partial charge in [0.05, 0.1) is 6.26 Å². The number of fused-ring (bicyclic) bond motifs is 1. The largest absolute Gasteiger partial charge is 0.464 e. The molecule has 0 spiro atoms. The van der Waals surface area contributed by atoms with E-state index in [2.05, 4.69) is 24.9 Å². The first-order valence-electron chi connectivity index (χ1n) is 6.07. The lowest BCUT2D eigenvalue weighted by molar-refractivity contribution is 0.240. The average molecular weight is 232 g/mol. The lowest BCUT2D eigenvalue weighted by Gasteiger charge is -2.23. The Hall–Kier alpha value is -1.32. The van der Waals surface area contributed by atoms with Gasteiger partial charge in [0, 0.05) is 23.5 Å². The van der Waals surface area contributed by atoms with E-state index in [1.54, 1.807) is 0 Å². The van der Waals surface area contributed by atoms with Crippen molar-refractivity contribution in [2.75, 3.05) is 13.6 Å². The van der Waals surface area contributed by atoms with Gasteiger partial charge in [-0.25, -0.2) is 0 Å². The van der Waals surface area contributed by atoms with E-state index in [0.29, 0.717) is 6.04 Å². The molecule has 0 aliphatic heterocycles. The Bertz CT molecular complexity index is 478. The number of nitrogens with two attached hydrogens (primary N) is 1. The first-order valence-corrected chi connectivity index (χ1v) is 6.07. The van der Waals surface area contributed by atoms with Crippen LogP contribution in [0.25, 0.3) is 11.0 Å². The molecular formula is C14H20N2O. The Kier molecular flexibility index (Phi) is 3.82. The standard InChI is InChI=1S/C14H20N2O/c1-11(7-8-15)16(2)9-12-10-17-14-6-4-3-5-13(12)14/h3-6,10-11H,7-9,15H2,1-2H3. The van der Waals surface area contributed by atoms with Crippen LogP contribution in [-0.2, 0) is 6.54 Å². The van der Waals surface area contributed by atoms with Crippen LogP contribution >= 0.6 is 0 Å². The summed E-state index contributed by atoms with van der Waals surface area (Å²) in [6.07, 6.45) is 2.88. The van der Waals surface area contributed by atoms with Gasteiger partial charge in [-0.15, -0.1) is 0 Å². The van der Waals surface area contributed by atoms with Crippen molar-refractivity contribution >= 4 is 11.0 Å². The summed E-state index contributed by atoms with van der Waals surface area (Å²) in [7, 11) is 2.13. The van der Waals surface area contributed by atoms with Crippen molar-refractivity contribution in [2.45, 2.75) is 25.9 Å². The second-order valence-corrected chi connectivity index (χ2v) is 4.60. The van der Waals surface area contributed by atoms with Gasteiger partial charge in [-0.2, -0.15) is 0 Å². The van der Waals surface area contributed by atoms with E-state index in [4.69, 9.17) is 10.2 Å². The van der Waals surface area contributed by atoms with Gasteiger partial charge in [0.1, 0.15) is 5.58 Å². The normalized spacial score (nSPS) is 13.4. The molecule has 1 aromatic carbocycles. The van der Waals surface area contributed by atoms with Crippen LogP contribution in [0.2, 0.25) is 0 Å². The number of hydrogen-bond donors (Lipinski definition) is 1. The van der Waals surface area contributed by atoms with Crippen molar-refractivity contribution in [3.63, 3.8) is 0 Å². The average Bonchev–Trinajstić information content (AvgIpc) is 2.73. The molecule has 1 heterocycles. The van der Waals surface area contributed by atoms with Crippen molar-refractivity contribution in [1.29, 1.82) is 0 Å². The summed E-state index contributed by atoms with van der Waals surface area (Å²) in [5, 5.41) is 1.21. The maximum atomic E-state index is 5.59. The Morgan fingerprint density at radius 2 is 2.12 bits per heavy atom.